The molecule has 0 aromatic heterocycles. The van der Waals surface area contributed by atoms with Gasteiger partial charge in [0, 0.05) is 18.8 Å². The van der Waals surface area contributed by atoms with Gasteiger partial charge in [-0.3, -0.25) is 4.79 Å². The Morgan fingerprint density at radius 1 is 0.931 bits per heavy atom. The van der Waals surface area contributed by atoms with Crippen molar-refractivity contribution < 1.29 is 14.3 Å². The second-order valence-electron chi connectivity index (χ2n) is 8.70. The average molecular weight is 389 g/mol. The SMILES string of the molecule is C[C@H]1[C@@H]2CC=C(Cc3ccccc3)C(=O)[C@@]2(c2ccccc2)CCC12OCCO2. The summed E-state index contributed by atoms with van der Waals surface area (Å²) in [7, 11) is 0. The van der Waals surface area contributed by atoms with Crippen LogP contribution in [0.3, 0.4) is 0 Å². The maximum Gasteiger partial charge on any atom is 0.171 e. The fourth-order valence-corrected chi connectivity index (χ4v) is 5.92. The molecule has 2 fully saturated rings. The van der Waals surface area contributed by atoms with Gasteiger partial charge in [-0.25, -0.2) is 0 Å². The summed E-state index contributed by atoms with van der Waals surface area (Å²) in [6.07, 6.45) is 5.32. The van der Waals surface area contributed by atoms with E-state index in [0.29, 0.717) is 25.4 Å². The molecule has 3 aliphatic rings. The third-order valence-electron chi connectivity index (χ3n) is 7.42. The lowest BCUT2D eigenvalue weighted by molar-refractivity contribution is -0.232. The van der Waals surface area contributed by atoms with Crippen molar-refractivity contribution in [1.82, 2.24) is 0 Å². The van der Waals surface area contributed by atoms with E-state index in [1.165, 1.54) is 5.56 Å². The number of benzene rings is 2. The van der Waals surface area contributed by atoms with Gasteiger partial charge in [0.05, 0.1) is 18.6 Å². The molecule has 1 saturated heterocycles. The zero-order valence-electron chi connectivity index (χ0n) is 17.0. The molecule has 1 heterocycles. The Bertz CT molecular complexity index is 911. The molecule has 150 valence electrons. The molecule has 2 aliphatic carbocycles. The normalized spacial score (nSPS) is 30.8. The largest absolute Gasteiger partial charge is 0.347 e. The highest BCUT2D eigenvalue weighted by molar-refractivity contribution is 6.05. The molecule has 0 radical (unpaired) electrons. The van der Waals surface area contributed by atoms with Crippen molar-refractivity contribution >= 4 is 5.78 Å². The first-order valence-corrected chi connectivity index (χ1v) is 10.8. The van der Waals surface area contributed by atoms with E-state index in [2.05, 4.69) is 49.4 Å². The minimum atomic E-state index is -0.520. The minimum Gasteiger partial charge on any atom is -0.347 e. The Hall–Kier alpha value is -2.23. The number of carbonyl (C=O) groups is 1. The molecule has 1 aliphatic heterocycles. The number of hydrogen-bond acceptors (Lipinski definition) is 3. The topological polar surface area (TPSA) is 35.5 Å². The van der Waals surface area contributed by atoms with Gasteiger partial charge in [0.15, 0.2) is 11.6 Å². The van der Waals surface area contributed by atoms with E-state index >= 15 is 0 Å². The highest BCUT2D eigenvalue weighted by Crippen LogP contribution is 2.57. The lowest BCUT2D eigenvalue weighted by Crippen LogP contribution is -2.59. The van der Waals surface area contributed by atoms with Gasteiger partial charge in [-0.15, -0.1) is 0 Å². The molecule has 1 spiro atoms. The highest BCUT2D eigenvalue weighted by Gasteiger charge is 2.61. The molecule has 2 aromatic carbocycles. The summed E-state index contributed by atoms with van der Waals surface area (Å²) in [5.41, 5.74) is 2.80. The number of ketones is 1. The fraction of sp³-hybridized carbons (Fsp3) is 0.423. The Balaban J connectivity index is 1.57. The molecule has 3 atom stereocenters. The van der Waals surface area contributed by atoms with Gasteiger partial charge in [0.25, 0.3) is 0 Å². The molecule has 0 unspecified atom stereocenters. The van der Waals surface area contributed by atoms with Crippen LogP contribution >= 0.6 is 0 Å². The van der Waals surface area contributed by atoms with Crippen LogP contribution in [0.25, 0.3) is 0 Å². The summed E-state index contributed by atoms with van der Waals surface area (Å²) in [4.78, 5) is 14.1. The van der Waals surface area contributed by atoms with Crippen molar-refractivity contribution in [3.05, 3.63) is 83.4 Å². The van der Waals surface area contributed by atoms with Gasteiger partial charge in [-0.1, -0.05) is 73.7 Å². The van der Waals surface area contributed by atoms with Crippen molar-refractivity contribution in [2.45, 2.75) is 43.8 Å². The number of carbonyl (C=O) groups excluding carboxylic acids is 1. The first-order chi connectivity index (χ1) is 14.2. The smallest absolute Gasteiger partial charge is 0.171 e. The molecule has 1 saturated carbocycles. The van der Waals surface area contributed by atoms with Crippen LogP contribution in [0, 0.1) is 11.8 Å². The third kappa shape index (κ3) is 2.91. The molecular weight excluding hydrogens is 360 g/mol. The van der Waals surface area contributed by atoms with Crippen LogP contribution in [0.15, 0.2) is 72.3 Å². The second kappa shape index (κ2) is 7.23. The van der Waals surface area contributed by atoms with Crippen LogP contribution in [0.5, 0.6) is 0 Å². The van der Waals surface area contributed by atoms with Crippen LogP contribution in [0.1, 0.15) is 37.3 Å². The van der Waals surface area contributed by atoms with Gasteiger partial charge >= 0.3 is 0 Å². The predicted octanol–water partition coefficient (Wildman–Crippen LogP) is 4.86. The van der Waals surface area contributed by atoms with Gasteiger partial charge in [-0.2, -0.15) is 0 Å². The summed E-state index contributed by atoms with van der Waals surface area (Å²) in [5.74, 6) is 0.123. The molecule has 2 aromatic rings. The molecule has 3 nitrogen and oxygen atoms in total. The van der Waals surface area contributed by atoms with Crippen LogP contribution in [-0.2, 0) is 26.1 Å². The number of ether oxygens (including phenoxy) is 2. The van der Waals surface area contributed by atoms with Crippen LogP contribution in [0.2, 0.25) is 0 Å². The Morgan fingerprint density at radius 2 is 1.59 bits per heavy atom. The summed E-state index contributed by atoms with van der Waals surface area (Å²) in [6, 6.07) is 20.7. The van der Waals surface area contributed by atoms with E-state index in [1.807, 2.05) is 24.3 Å². The number of allylic oxidation sites excluding steroid dienone is 2. The first-order valence-electron chi connectivity index (χ1n) is 10.8. The Kier molecular flexibility index (Phi) is 4.68. The third-order valence-corrected chi connectivity index (χ3v) is 7.42. The maximum atomic E-state index is 14.1. The van der Waals surface area contributed by atoms with Crippen LogP contribution < -0.4 is 0 Å². The summed E-state index contributed by atoms with van der Waals surface area (Å²) < 4.78 is 12.3. The van der Waals surface area contributed by atoms with E-state index in [1.54, 1.807) is 0 Å². The number of Topliss-reactive ketones (excluding diaryl/α,β-unsaturated/α-hetero) is 1. The number of rotatable bonds is 3. The predicted molar refractivity (Wildman–Crippen MR) is 112 cm³/mol. The maximum absolute atomic E-state index is 14.1. The van der Waals surface area contributed by atoms with Crippen molar-refractivity contribution in [3.8, 4) is 0 Å². The molecule has 0 bridgehead atoms. The standard InChI is InChI=1S/C26H28O3/c1-19-23-13-12-21(18-20-8-4-2-5-9-20)24(27)25(23,22-10-6-3-7-11-22)14-15-26(19)28-16-17-29-26/h2-12,19,23H,13-18H2,1H3/t19-,23-,25+/m0/s1. The highest BCUT2D eigenvalue weighted by atomic mass is 16.7. The van der Waals surface area contributed by atoms with Crippen molar-refractivity contribution in [1.29, 1.82) is 0 Å². The second-order valence-corrected chi connectivity index (χ2v) is 8.70. The Labute approximate surface area is 172 Å². The zero-order chi connectivity index (χ0) is 19.9. The van der Waals surface area contributed by atoms with Crippen molar-refractivity contribution in [2.75, 3.05) is 13.2 Å². The first kappa shape index (κ1) is 18.8. The summed E-state index contributed by atoms with van der Waals surface area (Å²) >= 11 is 0. The van der Waals surface area contributed by atoms with E-state index in [4.69, 9.17) is 9.47 Å². The number of fused-ring (bicyclic) bond motifs is 1. The lowest BCUT2D eigenvalue weighted by Gasteiger charge is -2.54. The van der Waals surface area contributed by atoms with E-state index in [-0.39, 0.29) is 11.8 Å². The van der Waals surface area contributed by atoms with E-state index in [0.717, 1.165) is 30.4 Å². The van der Waals surface area contributed by atoms with Gasteiger partial charge in [-0.05, 0) is 35.5 Å². The Morgan fingerprint density at radius 3 is 2.28 bits per heavy atom. The molecular formula is C26H28O3. The fourth-order valence-electron chi connectivity index (χ4n) is 5.92. The number of hydrogen-bond donors (Lipinski definition) is 0. The molecule has 3 heteroatoms. The van der Waals surface area contributed by atoms with Crippen molar-refractivity contribution in [3.63, 3.8) is 0 Å². The van der Waals surface area contributed by atoms with E-state index < -0.39 is 11.2 Å². The quantitative estimate of drug-likeness (QED) is 0.754. The van der Waals surface area contributed by atoms with Crippen LogP contribution in [-0.4, -0.2) is 24.8 Å². The monoisotopic (exact) mass is 388 g/mol. The van der Waals surface area contributed by atoms with Crippen LogP contribution in [0.4, 0.5) is 0 Å². The summed E-state index contributed by atoms with van der Waals surface area (Å²) in [6.45, 7) is 3.52. The van der Waals surface area contributed by atoms with Gasteiger partial charge in [0.1, 0.15) is 0 Å². The lowest BCUT2D eigenvalue weighted by atomic mass is 9.51. The zero-order valence-corrected chi connectivity index (χ0v) is 17.0. The molecule has 0 N–H and O–H groups in total. The summed E-state index contributed by atoms with van der Waals surface area (Å²) in [5, 5.41) is 0. The molecule has 5 rings (SSSR count). The average Bonchev–Trinajstić information content (AvgIpc) is 3.24. The van der Waals surface area contributed by atoms with Crippen molar-refractivity contribution in [2.24, 2.45) is 11.8 Å². The minimum absolute atomic E-state index is 0.164. The van der Waals surface area contributed by atoms with Gasteiger partial charge < -0.3 is 9.47 Å². The van der Waals surface area contributed by atoms with E-state index in [9.17, 15) is 4.79 Å². The van der Waals surface area contributed by atoms with Gasteiger partial charge in [0.2, 0.25) is 0 Å². The molecule has 29 heavy (non-hydrogen) atoms. The molecule has 0 amide bonds.